The highest BCUT2D eigenvalue weighted by Crippen LogP contribution is 2.31. The molecule has 0 aromatic heterocycles. The van der Waals surface area contributed by atoms with Gasteiger partial charge in [-0.1, -0.05) is 0 Å². The highest BCUT2D eigenvalue weighted by atomic mass is 16.3. The Morgan fingerprint density at radius 1 is 1.53 bits per heavy atom. The van der Waals surface area contributed by atoms with Gasteiger partial charge in [0.15, 0.2) is 0 Å². The molecule has 0 atom stereocenters. The lowest BCUT2D eigenvalue weighted by Crippen LogP contribution is -2.56. The summed E-state index contributed by atoms with van der Waals surface area (Å²) in [5.41, 5.74) is 7.38. The molecule has 0 bridgehead atoms. The zero-order valence-electron chi connectivity index (χ0n) is 9.99. The fraction of sp³-hybridized carbons (Fsp3) is 0.462. The normalized spacial score (nSPS) is 17.3. The van der Waals surface area contributed by atoms with Crippen LogP contribution in [0.25, 0.3) is 0 Å². The maximum absolute atomic E-state index is 12.1. The molecule has 0 radical (unpaired) electrons. The first-order valence-electron chi connectivity index (χ1n) is 5.86. The summed E-state index contributed by atoms with van der Waals surface area (Å²) < 4.78 is 0. The minimum atomic E-state index is -0.398. The molecule has 1 aromatic rings. The van der Waals surface area contributed by atoms with Crippen molar-refractivity contribution in [1.29, 1.82) is 0 Å². The maximum atomic E-state index is 12.1. The molecule has 0 aliphatic heterocycles. The van der Waals surface area contributed by atoms with Gasteiger partial charge in [0.05, 0.1) is 12.1 Å². The van der Waals surface area contributed by atoms with Gasteiger partial charge in [-0.15, -0.1) is 0 Å². The lowest BCUT2D eigenvalue weighted by Gasteiger charge is -2.41. The van der Waals surface area contributed by atoms with Crippen LogP contribution in [-0.2, 0) is 0 Å². The molecule has 2 rings (SSSR count). The Bertz CT molecular complexity index is 434. The standard InChI is InChI=1S/C13H18N2O2/c1-9-7-10(14)3-4-11(9)12(17)15-13(8-16)5-2-6-13/h3-4,7,16H,2,5-6,8,14H2,1H3,(H,15,17). The number of aliphatic hydroxyl groups excluding tert-OH is 1. The van der Waals surface area contributed by atoms with Gasteiger partial charge in [-0.2, -0.15) is 0 Å². The van der Waals surface area contributed by atoms with Gasteiger partial charge < -0.3 is 16.2 Å². The SMILES string of the molecule is Cc1cc(N)ccc1C(=O)NC1(CO)CCC1. The number of amides is 1. The van der Waals surface area contributed by atoms with Crippen LogP contribution in [0.3, 0.4) is 0 Å². The van der Waals surface area contributed by atoms with Crippen LogP contribution in [0.4, 0.5) is 5.69 Å². The Hall–Kier alpha value is -1.55. The third kappa shape index (κ3) is 2.26. The summed E-state index contributed by atoms with van der Waals surface area (Å²) in [6, 6.07) is 5.22. The molecule has 0 spiro atoms. The molecule has 1 saturated carbocycles. The Morgan fingerprint density at radius 3 is 2.71 bits per heavy atom. The Kier molecular flexibility index (Phi) is 3.07. The summed E-state index contributed by atoms with van der Waals surface area (Å²) in [7, 11) is 0. The largest absolute Gasteiger partial charge is 0.399 e. The minimum absolute atomic E-state index is 0.00671. The van der Waals surface area contributed by atoms with Gasteiger partial charge in [0.25, 0.3) is 5.91 Å². The number of nitrogen functional groups attached to an aromatic ring is 1. The zero-order valence-corrected chi connectivity index (χ0v) is 9.99. The highest BCUT2D eigenvalue weighted by molar-refractivity contribution is 5.96. The third-order valence-corrected chi connectivity index (χ3v) is 3.49. The van der Waals surface area contributed by atoms with E-state index >= 15 is 0 Å². The number of carbonyl (C=O) groups excluding carboxylic acids is 1. The fourth-order valence-corrected chi connectivity index (χ4v) is 2.18. The summed E-state index contributed by atoms with van der Waals surface area (Å²) in [4.78, 5) is 12.1. The monoisotopic (exact) mass is 234 g/mol. The summed E-state index contributed by atoms with van der Waals surface area (Å²) in [5.74, 6) is -0.128. The topological polar surface area (TPSA) is 75.4 Å². The first kappa shape index (κ1) is 11.9. The van der Waals surface area contributed by atoms with Crippen molar-refractivity contribution in [1.82, 2.24) is 5.32 Å². The van der Waals surface area contributed by atoms with Crippen molar-refractivity contribution in [2.75, 3.05) is 12.3 Å². The number of benzene rings is 1. The van der Waals surface area contributed by atoms with E-state index in [1.165, 1.54) is 0 Å². The van der Waals surface area contributed by atoms with Crippen LogP contribution in [0.2, 0.25) is 0 Å². The van der Waals surface area contributed by atoms with Gasteiger partial charge in [-0.05, 0) is 49.9 Å². The van der Waals surface area contributed by atoms with Crippen LogP contribution >= 0.6 is 0 Å². The second-order valence-electron chi connectivity index (χ2n) is 4.82. The van der Waals surface area contributed by atoms with E-state index in [1.807, 2.05) is 6.92 Å². The number of nitrogens with two attached hydrogens (primary N) is 1. The molecule has 4 heteroatoms. The third-order valence-electron chi connectivity index (χ3n) is 3.49. The Labute approximate surface area is 101 Å². The molecule has 0 saturated heterocycles. The molecule has 4 N–H and O–H groups in total. The Morgan fingerprint density at radius 2 is 2.24 bits per heavy atom. The van der Waals surface area contributed by atoms with E-state index in [0.717, 1.165) is 24.8 Å². The van der Waals surface area contributed by atoms with Crippen LogP contribution in [0, 0.1) is 6.92 Å². The maximum Gasteiger partial charge on any atom is 0.252 e. The quantitative estimate of drug-likeness (QED) is 0.688. The molecule has 17 heavy (non-hydrogen) atoms. The van der Waals surface area contributed by atoms with Gasteiger partial charge >= 0.3 is 0 Å². The summed E-state index contributed by atoms with van der Waals surface area (Å²) >= 11 is 0. The van der Waals surface area contributed by atoms with Gasteiger partial charge in [0, 0.05) is 11.3 Å². The van der Waals surface area contributed by atoms with E-state index in [-0.39, 0.29) is 12.5 Å². The average molecular weight is 234 g/mol. The number of rotatable bonds is 3. The predicted molar refractivity (Wildman–Crippen MR) is 66.7 cm³/mol. The van der Waals surface area contributed by atoms with E-state index in [1.54, 1.807) is 18.2 Å². The number of nitrogens with one attached hydrogen (secondary N) is 1. The summed E-state index contributed by atoms with van der Waals surface area (Å²) in [6.07, 6.45) is 2.76. The zero-order chi connectivity index (χ0) is 12.5. The van der Waals surface area contributed by atoms with Crippen molar-refractivity contribution < 1.29 is 9.90 Å². The molecule has 1 aliphatic carbocycles. The second kappa shape index (κ2) is 4.37. The van der Waals surface area contributed by atoms with Crippen LogP contribution in [0.15, 0.2) is 18.2 Å². The van der Waals surface area contributed by atoms with Crippen molar-refractivity contribution in [2.45, 2.75) is 31.7 Å². The number of aliphatic hydroxyl groups is 1. The van der Waals surface area contributed by atoms with Gasteiger partial charge in [0.2, 0.25) is 0 Å². The number of anilines is 1. The van der Waals surface area contributed by atoms with Crippen molar-refractivity contribution in [3.8, 4) is 0 Å². The van der Waals surface area contributed by atoms with E-state index in [0.29, 0.717) is 11.3 Å². The number of hydrogen-bond acceptors (Lipinski definition) is 3. The van der Waals surface area contributed by atoms with E-state index < -0.39 is 5.54 Å². The van der Waals surface area contributed by atoms with Crippen molar-refractivity contribution in [2.24, 2.45) is 0 Å². The number of carbonyl (C=O) groups is 1. The lowest BCUT2D eigenvalue weighted by molar-refractivity contribution is 0.0641. The number of aryl methyl sites for hydroxylation is 1. The first-order chi connectivity index (χ1) is 8.06. The fourth-order valence-electron chi connectivity index (χ4n) is 2.18. The number of hydrogen-bond donors (Lipinski definition) is 3. The van der Waals surface area contributed by atoms with Crippen LogP contribution in [0.5, 0.6) is 0 Å². The molecule has 1 aromatic carbocycles. The molecule has 1 aliphatic rings. The predicted octanol–water partition coefficient (Wildman–Crippen LogP) is 1.22. The molecule has 4 nitrogen and oxygen atoms in total. The van der Waals surface area contributed by atoms with Gasteiger partial charge in [-0.3, -0.25) is 4.79 Å². The summed E-state index contributed by atoms with van der Waals surface area (Å²) in [6.45, 7) is 1.87. The Balaban J connectivity index is 2.14. The smallest absolute Gasteiger partial charge is 0.252 e. The van der Waals surface area contributed by atoms with Gasteiger partial charge in [0.1, 0.15) is 0 Å². The molecule has 92 valence electrons. The van der Waals surface area contributed by atoms with E-state index in [9.17, 15) is 9.90 Å². The highest BCUT2D eigenvalue weighted by Gasteiger charge is 2.37. The van der Waals surface area contributed by atoms with E-state index in [2.05, 4.69) is 5.32 Å². The van der Waals surface area contributed by atoms with E-state index in [4.69, 9.17) is 5.73 Å². The molecular formula is C13H18N2O2. The molecule has 0 heterocycles. The molecular weight excluding hydrogens is 216 g/mol. The second-order valence-corrected chi connectivity index (χ2v) is 4.82. The van der Waals surface area contributed by atoms with Crippen LogP contribution in [-0.4, -0.2) is 23.2 Å². The van der Waals surface area contributed by atoms with Crippen LogP contribution < -0.4 is 11.1 Å². The molecule has 0 unspecified atom stereocenters. The average Bonchev–Trinajstić information content (AvgIpc) is 2.23. The lowest BCUT2D eigenvalue weighted by atomic mass is 9.77. The molecule has 1 fully saturated rings. The van der Waals surface area contributed by atoms with Gasteiger partial charge in [-0.25, -0.2) is 0 Å². The van der Waals surface area contributed by atoms with Crippen LogP contribution in [0.1, 0.15) is 35.2 Å². The molecule has 1 amide bonds. The van der Waals surface area contributed by atoms with Crippen molar-refractivity contribution in [3.05, 3.63) is 29.3 Å². The summed E-state index contributed by atoms with van der Waals surface area (Å²) in [5, 5.41) is 12.2. The first-order valence-corrected chi connectivity index (χ1v) is 5.86. The van der Waals surface area contributed by atoms with Crippen molar-refractivity contribution >= 4 is 11.6 Å². The van der Waals surface area contributed by atoms with Crippen molar-refractivity contribution in [3.63, 3.8) is 0 Å². The minimum Gasteiger partial charge on any atom is -0.399 e.